The molecule has 0 atom stereocenters. The number of fused-ring (bicyclic) bond motifs is 1. The van der Waals surface area contributed by atoms with Gasteiger partial charge in [-0.1, -0.05) is 35.3 Å². The first kappa shape index (κ1) is 12.3. The highest BCUT2D eigenvalue weighted by Gasteiger charge is 2.07. The van der Waals surface area contributed by atoms with Gasteiger partial charge in [-0.25, -0.2) is 0 Å². The number of aromatic amines is 1. The van der Waals surface area contributed by atoms with E-state index in [4.69, 9.17) is 23.2 Å². The summed E-state index contributed by atoms with van der Waals surface area (Å²) in [5, 5.41) is 1.77. The van der Waals surface area contributed by atoms with Crippen LogP contribution in [-0.2, 0) is 0 Å². The van der Waals surface area contributed by atoms with Crippen molar-refractivity contribution in [1.82, 2.24) is 4.98 Å². The fraction of sp³-hybridized carbons (Fsp3) is 0. The minimum atomic E-state index is -0.0430. The Hall–Kier alpha value is -1.77. The topological polar surface area (TPSA) is 32.9 Å². The summed E-state index contributed by atoms with van der Waals surface area (Å²) in [6, 6.07) is 12.4. The van der Waals surface area contributed by atoms with Crippen molar-refractivity contribution in [3.8, 4) is 11.1 Å². The molecule has 0 saturated carbocycles. The molecule has 0 bridgehead atoms. The summed E-state index contributed by atoms with van der Waals surface area (Å²) in [6.07, 6.45) is 1.71. The molecule has 1 heterocycles. The molecule has 2 aromatic carbocycles. The number of nitrogens with one attached hydrogen (secondary N) is 1. The summed E-state index contributed by atoms with van der Waals surface area (Å²) in [5.74, 6) is 0. The zero-order valence-corrected chi connectivity index (χ0v) is 11.3. The Morgan fingerprint density at radius 3 is 2.32 bits per heavy atom. The second kappa shape index (κ2) is 4.72. The van der Waals surface area contributed by atoms with Gasteiger partial charge in [-0.05, 0) is 35.9 Å². The van der Waals surface area contributed by atoms with Crippen LogP contribution in [0.4, 0.5) is 0 Å². The molecule has 0 spiro atoms. The van der Waals surface area contributed by atoms with Crippen molar-refractivity contribution < 1.29 is 0 Å². The first-order valence-electron chi connectivity index (χ1n) is 5.72. The molecule has 0 amide bonds. The van der Waals surface area contributed by atoms with Crippen LogP contribution in [-0.4, -0.2) is 4.98 Å². The molecule has 3 rings (SSSR count). The number of aromatic nitrogens is 1. The lowest BCUT2D eigenvalue weighted by atomic mass is 10.0. The number of benzene rings is 2. The van der Waals surface area contributed by atoms with Gasteiger partial charge in [0.05, 0.1) is 0 Å². The average Bonchev–Trinajstić information content (AvgIpc) is 2.41. The highest BCUT2D eigenvalue weighted by Crippen LogP contribution is 2.21. The first-order valence-corrected chi connectivity index (χ1v) is 6.47. The third-order valence-electron chi connectivity index (χ3n) is 3.00. The van der Waals surface area contributed by atoms with Crippen molar-refractivity contribution in [2.24, 2.45) is 0 Å². The molecule has 1 N–H and O–H groups in total. The Morgan fingerprint density at radius 1 is 0.895 bits per heavy atom. The molecule has 0 aliphatic heterocycles. The largest absolute Gasteiger partial charge is 0.360 e. The SMILES string of the molecule is O=c1c(-c2ccc(Cl)cc2)c[nH]c2ccc(Cl)cc12. The third kappa shape index (κ3) is 2.25. The second-order valence-electron chi connectivity index (χ2n) is 4.23. The van der Waals surface area contributed by atoms with E-state index in [-0.39, 0.29) is 5.43 Å². The molecule has 0 saturated heterocycles. The van der Waals surface area contributed by atoms with Crippen LogP contribution >= 0.6 is 23.2 Å². The molecule has 2 nitrogen and oxygen atoms in total. The predicted molar refractivity (Wildman–Crippen MR) is 80.0 cm³/mol. The lowest BCUT2D eigenvalue weighted by Crippen LogP contribution is -2.06. The smallest absolute Gasteiger partial charge is 0.197 e. The Morgan fingerprint density at radius 2 is 1.58 bits per heavy atom. The Bertz CT molecular complexity index is 806. The van der Waals surface area contributed by atoms with Gasteiger partial charge in [-0.2, -0.15) is 0 Å². The van der Waals surface area contributed by atoms with Crippen LogP contribution < -0.4 is 5.43 Å². The summed E-state index contributed by atoms with van der Waals surface area (Å²) < 4.78 is 0. The second-order valence-corrected chi connectivity index (χ2v) is 5.10. The van der Waals surface area contributed by atoms with Crippen molar-refractivity contribution >= 4 is 34.1 Å². The van der Waals surface area contributed by atoms with E-state index >= 15 is 0 Å². The van der Waals surface area contributed by atoms with E-state index in [2.05, 4.69) is 4.98 Å². The minimum absolute atomic E-state index is 0.0430. The lowest BCUT2D eigenvalue weighted by Gasteiger charge is -2.04. The van der Waals surface area contributed by atoms with Gasteiger partial charge in [0, 0.05) is 32.7 Å². The van der Waals surface area contributed by atoms with Gasteiger partial charge in [-0.3, -0.25) is 4.79 Å². The van der Waals surface area contributed by atoms with E-state index < -0.39 is 0 Å². The van der Waals surface area contributed by atoms with E-state index in [1.807, 2.05) is 12.1 Å². The quantitative estimate of drug-likeness (QED) is 0.703. The number of halogens is 2. The summed E-state index contributed by atoms with van der Waals surface area (Å²) in [7, 11) is 0. The Kier molecular flexibility index (Phi) is 3.05. The molecular formula is C15H9Cl2NO. The summed E-state index contributed by atoms with van der Waals surface area (Å²) in [4.78, 5) is 15.6. The van der Waals surface area contributed by atoms with Gasteiger partial charge >= 0.3 is 0 Å². The molecule has 3 aromatic rings. The molecule has 94 valence electrons. The van der Waals surface area contributed by atoms with Gasteiger partial charge in [0.2, 0.25) is 0 Å². The molecule has 0 fully saturated rings. The van der Waals surface area contributed by atoms with Crippen LogP contribution in [0, 0.1) is 0 Å². The number of pyridine rings is 1. The molecular weight excluding hydrogens is 281 g/mol. The van der Waals surface area contributed by atoms with Crippen LogP contribution in [0.1, 0.15) is 0 Å². The maximum Gasteiger partial charge on any atom is 0.197 e. The normalized spacial score (nSPS) is 10.8. The van der Waals surface area contributed by atoms with E-state index in [1.165, 1.54) is 0 Å². The van der Waals surface area contributed by atoms with Gasteiger partial charge in [-0.15, -0.1) is 0 Å². The van der Waals surface area contributed by atoms with Crippen LogP contribution in [0.3, 0.4) is 0 Å². The minimum Gasteiger partial charge on any atom is -0.360 e. The monoisotopic (exact) mass is 289 g/mol. The molecule has 0 aliphatic rings. The molecule has 19 heavy (non-hydrogen) atoms. The van der Waals surface area contributed by atoms with Gasteiger partial charge in [0.15, 0.2) is 5.43 Å². The molecule has 1 aromatic heterocycles. The summed E-state index contributed by atoms with van der Waals surface area (Å²) in [5.41, 5.74) is 2.16. The van der Waals surface area contributed by atoms with Crippen LogP contribution in [0.15, 0.2) is 53.5 Å². The van der Waals surface area contributed by atoms with Crippen LogP contribution in [0.25, 0.3) is 22.0 Å². The molecule has 0 radical (unpaired) electrons. The highest BCUT2D eigenvalue weighted by atomic mass is 35.5. The van der Waals surface area contributed by atoms with Gasteiger partial charge in [0.1, 0.15) is 0 Å². The fourth-order valence-electron chi connectivity index (χ4n) is 2.03. The van der Waals surface area contributed by atoms with Crippen molar-refractivity contribution in [1.29, 1.82) is 0 Å². The zero-order chi connectivity index (χ0) is 13.4. The van der Waals surface area contributed by atoms with Crippen LogP contribution in [0.5, 0.6) is 0 Å². The van der Waals surface area contributed by atoms with Gasteiger partial charge < -0.3 is 4.98 Å². The fourth-order valence-corrected chi connectivity index (χ4v) is 2.33. The van der Waals surface area contributed by atoms with E-state index in [0.717, 1.165) is 11.1 Å². The molecule has 0 unspecified atom stereocenters. The maximum absolute atomic E-state index is 12.5. The number of hydrogen-bond acceptors (Lipinski definition) is 1. The van der Waals surface area contributed by atoms with E-state index in [0.29, 0.717) is 21.0 Å². The third-order valence-corrected chi connectivity index (χ3v) is 3.49. The van der Waals surface area contributed by atoms with Crippen LogP contribution in [0.2, 0.25) is 10.0 Å². The maximum atomic E-state index is 12.5. The molecule has 4 heteroatoms. The van der Waals surface area contributed by atoms with Crippen molar-refractivity contribution in [2.45, 2.75) is 0 Å². The van der Waals surface area contributed by atoms with E-state index in [9.17, 15) is 4.79 Å². The Balaban J connectivity index is 2.28. The number of rotatable bonds is 1. The molecule has 0 aliphatic carbocycles. The summed E-state index contributed by atoms with van der Waals surface area (Å²) in [6.45, 7) is 0. The predicted octanol–water partition coefficient (Wildman–Crippen LogP) is 4.50. The number of hydrogen-bond donors (Lipinski definition) is 1. The van der Waals surface area contributed by atoms with Crippen molar-refractivity contribution in [3.05, 3.63) is 68.9 Å². The van der Waals surface area contributed by atoms with Gasteiger partial charge in [0.25, 0.3) is 0 Å². The zero-order valence-electron chi connectivity index (χ0n) is 9.78. The lowest BCUT2D eigenvalue weighted by molar-refractivity contribution is 1.39. The average molecular weight is 290 g/mol. The van der Waals surface area contributed by atoms with E-state index in [1.54, 1.807) is 36.5 Å². The van der Waals surface area contributed by atoms with Crippen molar-refractivity contribution in [3.63, 3.8) is 0 Å². The first-order chi connectivity index (χ1) is 9.15. The summed E-state index contributed by atoms with van der Waals surface area (Å²) >= 11 is 11.8. The standard InChI is InChI=1S/C15H9Cl2NO/c16-10-3-1-9(2-4-10)13-8-18-14-6-5-11(17)7-12(14)15(13)19/h1-8H,(H,18,19). The number of H-pyrrole nitrogens is 1. The Labute approximate surface area is 119 Å². The van der Waals surface area contributed by atoms with Crippen molar-refractivity contribution in [2.75, 3.05) is 0 Å². The highest BCUT2D eigenvalue weighted by molar-refractivity contribution is 6.31.